The molecule has 0 bridgehead atoms. The molecule has 0 atom stereocenters. The van der Waals surface area contributed by atoms with Crippen LogP contribution in [-0.2, 0) is 6.54 Å². The van der Waals surface area contributed by atoms with Crippen molar-refractivity contribution in [2.45, 2.75) is 31.1 Å². The van der Waals surface area contributed by atoms with E-state index >= 15 is 0 Å². The van der Waals surface area contributed by atoms with Gasteiger partial charge in [0.05, 0.1) is 11.0 Å². The van der Waals surface area contributed by atoms with Gasteiger partial charge in [-0.25, -0.2) is 0 Å². The summed E-state index contributed by atoms with van der Waals surface area (Å²) >= 11 is 7.41. The molecule has 90 valence electrons. The first-order valence-electron chi connectivity index (χ1n) is 5.88. The van der Waals surface area contributed by atoms with Crippen molar-refractivity contribution in [3.05, 3.63) is 28.5 Å². The van der Waals surface area contributed by atoms with Gasteiger partial charge < -0.3 is 9.55 Å². The van der Waals surface area contributed by atoms with E-state index in [9.17, 15) is 0 Å². The number of aryl methyl sites for hydroxylation is 1. The van der Waals surface area contributed by atoms with Crippen molar-refractivity contribution in [2.24, 2.45) is 0 Å². The maximum atomic E-state index is 5.44. The van der Waals surface area contributed by atoms with Crippen LogP contribution in [0.25, 0.3) is 11.0 Å². The van der Waals surface area contributed by atoms with Gasteiger partial charge in [0.1, 0.15) is 0 Å². The second kappa shape index (κ2) is 3.89. The normalized spacial score (nSPS) is 17.5. The van der Waals surface area contributed by atoms with Crippen molar-refractivity contribution in [2.75, 3.05) is 6.26 Å². The number of aromatic nitrogens is 2. The van der Waals surface area contributed by atoms with E-state index in [1.54, 1.807) is 0 Å². The molecule has 1 fully saturated rings. The zero-order valence-corrected chi connectivity index (χ0v) is 11.8. The molecule has 1 saturated carbocycles. The first-order chi connectivity index (χ1) is 8.13. The van der Waals surface area contributed by atoms with Crippen LogP contribution in [0.15, 0.2) is 18.2 Å². The van der Waals surface area contributed by atoms with Crippen LogP contribution in [0, 0.1) is 11.7 Å². The van der Waals surface area contributed by atoms with Crippen LogP contribution in [-0.4, -0.2) is 20.6 Å². The van der Waals surface area contributed by atoms with Gasteiger partial charge in [-0.15, -0.1) is 0 Å². The molecule has 4 heteroatoms. The molecular weight excluding hydrogens is 248 g/mol. The molecule has 1 aliphatic rings. The molecule has 0 radical (unpaired) electrons. The fourth-order valence-corrected chi connectivity index (χ4v) is 3.33. The highest BCUT2D eigenvalue weighted by molar-refractivity contribution is 8.00. The highest BCUT2D eigenvalue weighted by Crippen LogP contribution is 2.48. The van der Waals surface area contributed by atoms with Gasteiger partial charge in [0, 0.05) is 11.3 Å². The van der Waals surface area contributed by atoms with Crippen LogP contribution in [0.4, 0.5) is 0 Å². The van der Waals surface area contributed by atoms with Crippen molar-refractivity contribution in [1.29, 1.82) is 0 Å². The third kappa shape index (κ3) is 1.93. The Kier molecular flexibility index (Phi) is 2.60. The fourth-order valence-electron chi connectivity index (χ4n) is 2.29. The van der Waals surface area contributed by atoms with Crippen LogP contribution in [0.1, 0.15) is 18.4 Å². The Balaban J connectivity index is 2.09. The standard InChI is InChI=1S/C13H16N2S2/c1-9-3-4-11-10(7-9)14-12(16)15(11)8-13(17-2)5-6-13/h3-4,7H,5-6,8H2,1-2H3,(H,14,16). The summed E-state index contributed by atoms with van der Waals surface area (Å²) in [6.45, 7) is 3.15. The molecule has 2 nitrogen and oxygen atoms in total. The average molecular weight is 264 g/mol. The Morgan fingerprint density at radius 1 is 1.47 bits per heavy atom. The Hall–Kier alpha value is -0.740. The molecule has 1 aromatic heterocycles. The van der Waals surface area contributed by atoms with Crippen LogP contribution in [0.2, 0.25) is 0 Å². The molecule has 0 unspecified atom stereocenters. The topological polar surface area (TPSA) is 20.7 Å². The number of hydrogen-bond acceptors (Lipinski definition) is 2. The molecule has 0 amide bonds. The Bertz CT molecular complexity index is 620. The van der Waals surface area contributed by atoms with Crippen molar-refractivity contribution >= 4 is 35.0 Å². The lowest BCUT2D eigenvalue weighted by Crippen LogP contribution is -2.13. The average Bonchev–Trinajstić information content (AvgIpc) is 3.01. The highest BCUT2D eigenvalue weighted by Gasteiger charge is 2.42. The van der Waals surface area contributed by atoms with E-state index in [0.717, 1.165) is 16.8 Å². The van der Waals surface area contributed by atoms with Gasteiger partial charge in [0.15, 0.2) is 4.77 Å². The lowest BCUT2D eigenvalue weighted by Gasteiger charge is -2.13. The molecule has 1 aliphatic carbocycles. The van der Waals surface area contributed by atoms with Crippen molar-refractivity contribution in [1.82, 2.24) is 9.55 Å². The third-order valence-corrected chi connectivity index (χ3v) is 5.34. The summed E-state index contributed by atoms with van der Waals surface area (Å²) in [5, 5.41) is 0. The zero-order chi connectivity index (χ0) is 12.0. The summed E-state index contributed by atoms with van der Waals surface area (Å²) in [7, 11) is 0. The molecular formula is C13H16N2S2. The van der Waals surface area contributed by atoms with E-state index in [2.05, 4.69) is 40.9 Å². The molecule has 17 heavy (non-hydrogen) atoms. The van der Waals surface area contributed by atoms with Gasteiger partial charge >= 0.3 is 0 Å². The Labute approximate surface area is 110 Å². The minimum Gasteiger partial charge on any atom is -0.331 e. The van der Waals surface area contributed by atoms with Crippen LogP contribution < -0.4 is 0 Å². The summed E-state index contributed by atoms with van der Waals surface area (Å²) in [6.07, 6.45) is 4.83. The minimum atomic E-state index is 0.443. The maximum absolute atomic E-state index is 5.44. The molecule has 0 aliphatic heterocycles. The highest BCUT2D eigenvalue weighted by atomic mass is 32.2. The maximum Gasteiger partial charge on any atom is 0.178 e. The second-order valence-corrected chi connectivity index (χ2v) is 6.59. The first kappa shape index (κ1) is 11.4. The van der Waals surface area contributed by atoms with Crippen LogP contribution in [0.3, 0.4) is 0 Å². The number of nitrogens with zero attached hydrogens (tertiary/aromatic N) is 1. The minimum absolute atomic E-state index is 0.443. The number of H-pyrrole nitrogens is 1. The smallest absolute Gasteiger partial charge is 0.178 e. The summed E-state index contributed by atoms with van der Waals surface area (Å²) in [6, 6.07) is 6.49. The van der Waals surface area contributed by atoms with E-state index in [4.69, 9.17) is 12.2 Å². The molecule has 0 saturated heterocycles. The van der Waals surface area contributed by atoms with Gasteiger partial charge in [0.2, 0.25) is 0 Å². The largest absolute Gasteiger partial charge is 0.331 e. The van der Waals surface area contributed by atoms with Crippen molar-refractivity contribution in [3.8, 4) is 0 Å². The van der Waals surface area contributed by atoms with Gasteiger partial charge in [-0.05, 0) is 55.9 Å². The second-order valence-electron chi connectivity index (χ2n) is 4.92. The SMILES string of the molecule is CSC1(Cn2c(=S)[nH]c3cc(C)ccc32)CC1. The van der Waals surface area contributed by atoms with Crippen LogP contribution >= 0.6 is 24.0 Å². The quantitative estimate of drug-likeness (QED) is 0.849. The van der Waals surface area contributed by atoms with E-state index < -0.39 is 0 Å². The van der Waals surface area contributed by atoms with Gasteiger partial charge in [-0.2, -0.15) is 11.8 Å². The van der Waals surface area contributed by atoms with E-state index in [1.807, 2.05) is 11.8 Å². The van der Waals surface area contributed by atoms with Gasteiger partial charge in [-0.3, -0.25) is 0 Å². The van der Waals surface area contributed by atoms with Crippen molar-refractivity contribution in [3.63, 3.8) is 0 Å². The number of rotatable bonds is 3. The predicted molar refractivity (Wildman–Crippen MR) is 77.3 cm³/mol. The van der Waals surface area contributed by atoms with Crippen molar-refractivity contribution < 1.29 is 0 Å². The summed E-state index contributed by atoms with van der Waals surface area (Å²) < 4.78 is 3.55. The number of hydrogen-bond donors (Lipinski definition) is 1. The lowest BCUT2D eigenvalue weighted by atomic mass is 10.2. The number of thioether (sulfide) groups is 1. The third-order valence-electron chi connectivity index (χ3n) is 3.62. The number of nitrogens with one attached hydrogen (secondary N) is 1. The number of fused-ring (bicyclic) bond motifs is 1. The lowest BCUT2D eigenvalue weighted by molar-refractivity contribution is 0.670. The van der Waals surface area contributed by atoms with Gasteiger partial charge in [-0.1, -0.05) is 6.07 Å². The number of imidazole rings is 1. The molecule has 1 heterocycles. The van der Waals surface area contributed by atoms with Crippen LogP contribution in [0.5, 0.6) is 0 Å². The fraction of sp³-hybridized carbons (Fsp3) is 0.462. The summed E-state index contributed by atoms with van der Waals surface area (Å²) in [5.74, 6) is 0. The Morgan fingerprint density at radius 3 is 2.88 bits per heavy atom. The number of benzene rings is 1. The van der Waals surface area contributed by atoms with Gasteiger partial charge in [0.25, 0.3) is 0 Å². The molecule has 2 aromatic rings. The molecule has 0 spiro atoms. The monoisotopic (exact) mass is 264 g/mol. The Morgan fingerprint density at radius 2 is 2.24 bits per heavy atom. The first-order valence-corrected chi connectivity index (χ1v) is 7.51. The zero-order valence-electron chi connectivity index (χ0n) is 10.1. The van der Waals surface area contributed by atoms with E-state index in [1.165, 1.54) is 23.9 Å². The molecule has 1 aromatic carbocycles. The van der Waals surface area contributed by atoms with E-state index in [0.29, 0.717) is 4.75 Å². The number of aromatic amines is 1. The van der Waals surface area contributed by atoms with E-state index in [-0.39, 0.29) is 0 Å². The molecule has 1 N–H and O–H groups in total. The summed E-state index contributed by atoms with van der Waals surface area (Å²) in [5.41, 5.74) is 3.67. The molecule has 3 rings (SSSR count). The summed E-state index contributed by atoms with van der Waals surface area (Å²) in [4.78, 5) is 3.31. The predicted octanol–water partition coefficient (Wildman–Crippen LogP) is 3.90.